The lowest BCUT2D eigenvalue weighted by molar-refractivity contribution is -0.136. The van der Waals surface area contributed by atoms with E-state index in [0.29, 0.717) is 16.9 Å². The SMILES string of the molecule is COc1ccc(Br)cc1/C=C1\Oc2cc(OC(=O)COc3c(F)c(F)c(F)c(F)c3F)cc(C)c2C1=O. The van der Waals surface area contributed by atoms with Crippen LogP contribution in [-0.2, 0) is 4.79 Å². The summed E-state index contributed by atoms with van der Waals surface area (Å²) in [4.78, 5) is 25.0. The van der Waals surface area contributed by atoms with Crippen molar-refractivity contribution in [2.24, 2.45) is 0 Å². The molecule has 0 aliphatic carbocycles. The number of fused-ring (bicyclic) bond motifs is 1. The van der Waals surface area contributed by atoms with E-state index in [2.05, 4.69) is 20.7 Å². The Labute approximate surface area is 214 Å². The van der Waals surface area contributed by atoms with Gasteiger partial charge in [0.1, 0.15) is 17.2 Å². The Morgan fingerprint density at radius 2 is 1.65 bits per heavy atom. The van der Waals surface area contributed by atoms with Gasteiger partial charge in [0, 0.05) is 16.1 Å². The van der Waals surface area contributed by atoms with Crippen LogP contribution in [0, 0.1) is 36.0 Å². The first kappa shape index (κ1) is 26.1. The van der Waals surface area contributed by atoms with Crippen LogP contribution < -0.4 is 18.9 Å². The molecule has 3 aromatic rings. The first-order valence-corrected chi connectivity index (χ1v) is 11.1. The van der Waals surface area contributed by atoms with Gasteiger partial charge in [-0.05, 0) is 42.8 Å². The molecule has 0 unspecified atom stereocenters. The normalized spacial score (nSPS) is 13.4. The zero-order chi connectivity index (χ0) is 27.0. The molecule has 1 heterocycles. The predicted octanol–water partition coefficient (Wildman–Crippen LogP) is 6.06. The third-order valence-electron chi connectivity index (χ3n) is 5.16. The highest BCUT2D eigenvalue weighted by atomic mass is 79.9. The van der Waals surface area contributed by atoms with Gasteiger partial charge in [-0.25, -0.2) is 18.0 Å². The molecule has 0 amide bonds. The van der Waals surface area contributed by atoms with Gasteiger partial charge in [0.05, 0.1) is 12.7 Å². The molecule has 0 N–H and O–H groups in total. The standard InChI is InChI=1S/C25H14BrF5O6/c1-10-5-13(36-17(32)9-35-25-22(30)20(28)19(27)21(29)23(25)31)8-15-18(10)24(33)16(37-15)7-11-6-12(26)3-4-14(11)34-2/h3-8H,9H2,1-2H3/b16-7-. The molecule has 0 fully saturated rings. The van der Waals surface area contributed by atoms with Gasteiger partial charge in [-0.1, -0.05) is 15.9 Å². The van der Waals surface area contributed by atoms with E-state index in [0.717, 1.165) is 4.47 Å². The quantitative estimate of drug-likeness (QED) is 0.0875. The molecule has 4 rings (SSSR count). The molecule has 192 valence electrons. The van der Waals surface area contributed by atoms with Crippen LogP contribution in [0.25, 0.3) is 6.08 Å². The topological polar surface area (TPSA) is 71.1 Å². The highest BCUT2D eigenvalue weighted by Crippen LogP contribution is 2.38. The fourth-order valence-electron chi connectivity index (χ4n) is 3.50. The number of esters is 1. The van der Waals surface area contributed by atoms with Crippen LogP contribution in [0.15, 0.2) is 40.6 Å². The molecule has 1 aliphatic rings. The van der Waals surface area contributed by atoms with Crippen LogP contribution in [-0.4, -0.2) is 25.5 Å². The molecule has 0 atom stereocenters. The molecule has 0 saturated heterocycles. The smallest absolute Gasteiger partial charge is 0.349 e. The summed E-state index contributed by atoms with van der Waals surface area (Å²) >= 11 is 3.34. The molecule has 0 spiro atoms. The van der Waals surface area contributed by atoms with Crippen molar-refractivity contribution < 1.29 is 50.5 Å². The molecule has 37 heavy (non-hydrogen) atoms. The van der Waals surface area contributed by atoms with Crippen LogP contribution >= 0.6 is 15.9 Å². The van der Waals surface area contributed by atoms with E-state index in [1.807, 2.05) is 0 Å². The molecular formula is C25H14BrF5O6. The van der Waals surface area contributed by atoms with Crippen molar-refractivity contribution in [2.45, 2.75) is 6.92 Å². The van der Waals surface area contributed by atoms with E-state index < -0.39 is 53.2 Å². The molecule has 1 aliphatic heterocycles. The molecule has 3 aromatic carbocycles. The molecular weight excluding hydrogens is 571 g/mol. The lowest BCUT2D eigenvalue weighted by Gasteiger charge is -2.11. The zero-order valence-corrected chi connectivity index (χ0v) is 20.5. The molecule has 0 saturated carbocycles. The summed E-state index contributed by atoms with van der Waals surface area (Å²) in [6, 6.07) is 7.73. The van der Waals surface area contributed by atoms with Crippen molar-refractivity contribution >= 4 is 33.8 Å². The van der Waals surface area contributed by atoms with E-state index >= 15 is 0 Å². The summed E-state index contributed by atoms with van der Waals surface area (Å²) in [7, 11) is 1.47. The molecule has 0 bridgehead atoms. The second-order valence-corrected chi connectivity index (χ2v) is 8.52. The van der Waals surface area contributed by atoms with Crippen molar-refractivity contribution in [3.05, 3.63) is 86.3 Å². The van der Waals surface area contributed by atoms with E-state index in [1.165, 1.54) is 25.3 Å². The Morgan fingerprint density at radius 1 is 1.00 bits per heavy atom. The highest BCUT2D eigenvalue weighted by molar-refractivity contribution is 9.10. The number of allylic oxidation sites excluding steroid dienone is 1. The number of carbonyl (C=O) groups excluding carboxylic acids is 2. The van der Waals surface area contributed by atoms with E-state index in [1.54, 1.807) is 25.1 Å². The maximum atomic E-state index is 13.7. The number of rotatable bonds is 6. The first-order chi connectivity index (χ1) is 17.5. The number of hydrogen-bond donors (Lipinski definition) is 0. The van der Waals surface area contributed by atoms with Crippen molar-refractivity contribution in [3.63, 3.8) is 0 Å². The Hall–Kier alpha value is -3.93. The summed E-state index contributed by atoms with van der Waals surface area (Å²) in [5.41, 5.74) is 1.16. The molecule has 12 heteroatoms. The number of aryl methyl sites for hydroxylation is 1. The minimum atomic E-state index is -2.36. The third kappa shape index (κ3) is 5.01. The number of methoxy groups -OCH3 is 1. The maximum Gasteiger partial charge on any atom is 0.349 e. The number of benzene rings is 3. The molecule has 6 nitrogen and oxygen atoms in total. The average Bonchev–Trinajstić information content (AvgIpc) is 3.16. The van der Waals surface area contributed by atoms with E-state index in [9.17, 15) is 31.5 Å². The Kier molecular flexibility index (Phi) is 7.21. The third-order valence-corrected chi connectivity index (χ3v) is 5.65. The van der Waals surface area contributed by atoms with Gasteiger partial charge in [-0.2, -0.15) is 8.78 Å². The van der Waals surface area contributed by atoms with Gasteiger partial charge in [0.15, 0.2) is 18.1 Å². The predicted molar refractivity (Wildman–Crippen MR) is 122 cm³/mol. The maximum absolute atomic E-state index is 13.7. The van der Waals surface area contributed by atoms with Crippen LogP contribution in [0.2, 0.25) is 0 Å². The number of carbonyl (C=O) groups is 2. The molecule has 0 radical (unpaired) electrons. The monoisotopic (exact) mass is 584 g/mol. The molecule has 0 aromatic heterocycles. The highest BCUT2D eigenvalue weighted by Gasteiger charge is 2.31. The van der Waals surface area contributed by atoms with Gasteiger partial charge in [0.2, 0.25) is 34.9 Å². The van der Waals surface area contributed by atoms with Crippen molar-refractivity contribution in [1.29, 1.82) is 0 Å². The zero-order valence-electron chi connectivity index (χ0n) is 18.9. The number of Topliss-reactive ketones (excluding diaryl/α,β-unsaturated/α-hetero) is 1. The average molecular weight is 585 g/mol. The van der Waals surface area contributed by atoms with Gasteiger partial charge in [-0.3, -0.25) is 4.79 Å². The van der Waals surface area contributed by atoms with Crippen molar-refractivity contribution in [3.8, 4) is 23.0 Å². The summed E-state index contributed by atoms with van der Waals surface area (Å²) in [5.74, 6) is -14.1. The van der Waals surface area contributed by atoms with Crippen LogP contribution in [0.4, 0.5) is 22.0 Å². The lowest BCUT2D eigenvalue weighted by Crippen LogP contribution is -2.19. The Bertz CT molecular complexity index is 1460. The fraction of sp³-hybridized carbons (Fsp3) is 0.120. The Balaban J connectivity index is 1.52. The van der Waals surface area contributed by atoms with Crippen molar-refractivity contribution in [2.75, 3.05) is 13.7 Å². The van der Waals surface area contributed by atoms with E-state index in [-0.39, 0.29) is 22.8 Å². The number of ketones is 1. The number of ether oxygens (including phenoxy) is 4. The first-order valence-electron chi connectivity index (χ1n) is 10.3. The van der Waals surface area contributed by atoms with Crippen LogP contribution in [0.3, 0.4) is 0 Å². The summed E-state index contributed by atoms with van der Waals surface area (Å²) in [6.45, 7) is 0.382. The van der Waals surface area contributed by atoms with E-state index in [4.69, 9.17) is 14.2 Å². The number of halogens is 6. The Morgan fingerprint density at radius 3 is 2.30 bits per heavy atom. The van der Waals surface area contributed by atoms with Crippen LogP contribution in [0.5, 0.6) is 23.0 Å². The summed E-state index contributed by atoms with van der Waals surface area (Å²) in [6.07, 6.45) is 1.48. The lowest BCUT2D eigenvalue weighted by atomic mass is 10.0. The van der Waals surface area contributed by atoms with Gasteiger partial charge < -0.3 is 18.9 Å². The second-order valence-electron chi connectivity index (χ2n) is 7.60. The van der Waals surface area contributed by atoms with Crippen molar-refractivity contribution in [1.82, 2.24) is 0 Å². The fourth-order valence-corrected chi connectivity index (χ4v) is 3.88. The minimum Gasteiger partial charge on any atom is -0.496 e. The largest absolute Gasteiger partial charge is 0.496 e. The van der Waals surface area contributed by atoms with Gasteiger partial charge in [0.25, 0.3) is 0 Å². The van der Waals surface area contributed by atoms with Crippen LogP contribution in [0.1, 0.15) is 21.5 Å². The minimum absolute atomic E-state index is 0.0207. The second kappa shape index (κ2) is 10.2. The van der Waals surface area contributed by atoms with Gasteiger partial charge in [-0.15, -0.1) is 0 Å². The number of hydrogen-bond acceptors (Lipinski definition) is 6. The summed E-state index contributed by atoms with van der Waals surface area (Å²) < 4.78 is 88.4. The van der Waals surface area contributed by atoms with Gasteiger partial charge >= 0.3 is 5.97 Å². The summed E-state index contributed by atoms with van der Waals surface area (Å²) in [5, 5.41) is 0.